The molecule has 610 valence electrons. The Balaban J connectivity index is 0.000000135. The van der Waals surface area contributed by atoms with Gasteiger partial charge in [0.25, 0.3) is 10.1 Å². The maximum Gasteiger partial charge on any atom is 0.294 e. The van der Waals surface area contributed by atoms with Crippen LogP contribution in [-0.2, 0) is 58.6 Å². The zero-order chi connectivity index (χ0) is 85.5. The van der Waals surface area contributed by atoms with Gasteiger partial charge in [0.15, 0.2) is 11.1 Å². The summed E-state index contributed by atoms with van der Waals surface area (Å²) in [6, 6.07) is 54.9. The number of benzene rings is 12. The zero-order valence-corrected chi connectivity index (χ0v) is 69.1. The number of para-hydroxylation sites is 2. The molecule has 1 unspecified atom stereocenters. The third-order valence-electron chi connectivity index (χ3n) is 18.5. The fourth-order valence-electron chi connectivity index (χ4n) is 14.0. The van der Waals surface area contributed by atoms with E-state index in [1.807, 2.05) is 128 Å². The van der Waals surface area contributed by atoms with Crippen LogP contribution in [0.5, 0.6) is 0 Å². The van der Waals surface area contributed by atoms with Crippen LogP contribution in [-0.4, -0.2) is 95.1 Å². The van der Waals surface area contributed by atoms with Crippen molar-refractivity contribution >= 4 is 174 Å². The van der Waals surface area contributed by atoms with Crippen molar-refractivity contribution < 1.29 is 89.3 Å². The van der Waals surface area contributed by atoms with Crippen LogP contribution in [0.4, 0.5) is 0 Å². The molecule has 4 aliphatic rings. The lowest BCUT2D eigenvalue weighted by molar-refractivity contribution is -0.432. The maximum absolute atomic E-state index is 11.8. The Morgan fingerprint density at radius 2 is 0.683 bits per heavy atom. The molecule has 0 spiro atoms. The predicted molar refractivity (Wildman–Crippen MR) is 460 cm³/mol. The lowest BCUT2D eigenvalue weighted by Gasteiger charge is -2.07. The quantitative estimate of drug-likeness (QED) is 0.0134. The molecule has 13 N–H and O–H groups in total. The summed E-state index contributed by atoms with van der Waals surface area (Å²) >= 11 is 1.25. The summed E-state index contributed by atoms with van der Waals surface area (Å²) in [4.78, 5) is 79.8. The molecular weight excluding hydrogens is 1660 g/mol. The van der Waals surface area contributed by atoms with Crippen molar-refractivity contribution in [3.05, 3.63) is 205 Å². The first kappa shape index (κ1) is 86.2. The lowest BCUT2D eigenvalue weighted by Crippen LogP contribution is -2.10. The standard InChI is InChI=1S/3C19H11N3O4S.C18H11N3O7S3.4C2H6/c20-19(23)10-6-9-2-1-3-12-16(9)13(7-10)18-17(12)22-15-8-11(27-26-25-24)4-5-14(15)21-18;20-19(23)10-4-5-14-15(7-10)22-17-12-3-1-2-9-6-11(27(24,25)26)8-13(16(9)12)18(17)21-14;20-19(23)10-5-9-6-11(27-26-25-24)8-13-16(9)12(7-10)17-18(13)22-15-4-2-1-3-14(15)21-17;19-25-27-30-10-3-8-4-11(31(23)24)7-13-16(8)12(5-10)17-18(13)20-14-2-1-9(29-28-26-22)6-15(14)21-17;4*1-2/h1-8,24H,(H2,20,23);1-8H,(H2,20,23)(H,24,25,26);1-8,24H,(H2,20,23);1-7,22H,19H2,(H,23,24);4*1-2H3. The second-order valence-electron chi connectivity index (χ2n) is 24.9. The number of amides is 3. The number of carbonyl (C=O) groups excluding carboxylic acids is 3. The van der Waals surface area contributed by atoms with Crippen molar-refractivity contribution in [3.8, 4) is 90.1 Å². The van der Waals surface area contributed by atoms with Gasteiger partial charge in [-0.25, -0.2) is 59.9 Å². The molecule has 3 amide bonds. The summed E-state index contributed by atoms with van der Waals surface area (Å²) in [7, 11) is -4.36. The lowest BCUT2D eigenvalue weighted by atomic mass is 10.0. The number of carbonyl (C=O) groups is 3. The topological polar surface area (TPSA) is 485 Å². The molecular formula is C83H68N12O19S6. The van der Waals surface area contributed by atoms with Gasteiger partial charge < -0.3 is 21.8 Å². The second kappa shape index (κ2) is 37.4. The van der Waals surface area contributed by atoms with Crippen LogP contribution in [0.1, 0.15) is 86.5 Å². The molecule has 0 aliphatic heterocycles. The Bertz CT molecular complexity index is 6960. The number of hydrogen-bond acceptors (Lipinski definition) is 30. The highest BCUT2D eigenvalue weighted by Crippen LogP contribution is 2.52. The molecule has 12 aromatic carbocycles. The molecule has 4 aromatic heterocycles. The van der Waals surface area contributed by atoms with E-state index in [-0.39, 0.29) is 9.79 Å². The third kappa shape index (κ3) is 16.9. The van der Waals surface area contributed by atoms with Gasteiger partial charge in [-0.2, -0.15) is 14.3 Å². The molecule has 0 bridgehead atoms. The first-order valence-corrected chi connectivity index (χ1v) is 42.0. The van der Waals surface area contributed by atoms with E-state index in [2.05, 4.69) is 43.1 Å². The van der Waals surface area contributed by atoms with E-state index in [9.17, 15) is 36.1 Å². The number of primary amides is 3. The SMILES string of the molecule is CC.CC.CC.CC.NC(=O)c1cc2c3c(cc(SOOO)cc3c1)-c1nc3ccccc3nc1-2.NC(=O)c1cc2c3c(cccc3c1)-c1nc3cc(SOOO)ccc3nc1-2.NC(=O)c1ccc2nc3c(nc2c1)-c1cccc2cc(S(=O)(=O)O)cc-3c12.NOOSc1cc2c3c(cc(S(=O)O)cc3c1)-c1nc3ccc(SOOO)cc3nc1-2. The minimum Gasteiger partial charge on any atom is -0.366 e. The van der Waals surface area contributed by atoms with Gasteiger partial charge in [0.2, 0.25) is 17.7 Å². The average Bonchev–Trinajstić information content (AvgIpc) is 1.60. The summed E-state index contributed by atoms with van der Waals surface area (Å²) in [6.45, 7) is 16.0. The molecule has 0 saturated carbocycles. The van der Waals surface area contributed by atoms with E-state index in [0.29, 0.717) is 109 Å². The van der Waals surface area contributed by atoms with Crippen LogP contribution >= 0.6 is 48.2 Å². The summed E-state index contributed by atoms with van der Waals surface area (Å²) in [6.07, 6.45) is 0. The molecule has 4 aliphatic carbocycles. The van der Waals surface area contributed by atoms with Crippen molar-refractivity contribution in [1.82, 2.24) is 39.9 Å². The minimum atomic E-state index is -4.36. The Kier molecular flexibility index (Phi) is 26.8. The van der Waals surface area contributed by atoms with Gasteiger partial charge >= 0.3 is 0 Å². The molecule has 31 nitrogen and oxygen atoms in total. The van der Waals surface area contributed by atoms with E-state index in [4.69, 9.17) is 73.1 Å². The minimum absolute atomic E-state index is 0.194. The van der Waals surface area contributed by atoms with E-state index >= 15 is 0 Å². The molecule has 120 heavy (non-hydrogen) atoms. The van der Waals surface area contributed by atoms with E-state index < -0.39 is 38.9 Å². The number of fused-ring (bicyclic) bond motifs is 16. The first-order chi connectivity index (χ1) is 58.2. The average molecular weight is 1730 g/mol. The summed E-state index contributed by atoms with van der Waals surface area (Å²) in [5.74, 6) is 3.39. The van der Waals surface area contributed by atoms with Crippen LogP contribution in [0.25, 0.3) is 177 Å². The van der Waals surface area contributed by atoms with Crippen LogP contribution in [0, 0.1) is 0 Å². The van der Waals surface area contributed by atoms with Gasteiger partial charge in [-0.1, -0.05) is 119 Å². The summed E-state index contributed by atoms with van der Waals surface area (Å²) in [5.41, 5.74) is 34.4. The van der Waals surface area contributed by atoms with E-state index in [1.54, 1.807) is 103 Å². The van der Waals surface area contributed by atoms with Crippen molar-refractivity contribution in [3.63, 3.8) is 0 Å². The highest BCUT2D eigenvalue weighted by atomic mass is 32.2. The van der Waals surface area contributed by atoms with Gasteiger partial charge in [0, 0.05) is 102 Å². The van der Waals surface area contributed by atoms with Gasteiger partial charge in [0.05, 0.1) is 148 Å². The Morgan fingerprint density at radius 1 is 0.342 bits per heavy atom. The number of hydrogen-bond donors (Lipinski definition) is 9. The molecule has 1 atom stereocenters. The first-order valence-electron chi connectivity index (χ1n) is 36.5. The fraction of sp³-hybridized carbons (Fsp3) is 0.0964. The predicted octanol–water partition coefficient (Wildman–Crippen LogP) is 19.1. The Hall–Kier alpha value is -11.6. The van der Waals surface area contributed by atoms with Crippen LogP contribution < -0.4 is 23.1 Å². The second-order valence-corrected chi connectivity index (χ2v) is 30.3. The summed E-state index contributed by atoms with van der Waals surface area (Å²) in [5, 5.41) is 42.8. The number of rotatable bonds is 17. The van der Waals surface area contributed by atoms with Crippen LogP contribution in [0.3, 0.4) is 0 Å². The Morgan fingerprint density at radius 3 is 1.10 bits per heavy atom. The van der Waals surface area contributed by atoms with Crippen molar-refractivity contribution in [2.24, 2.45) is 23.1 Å². The van der Waals surface area contributed by atoms with E-state index in [1.165, 1.54) is 12.1 Å². The maximum atomic E-state index is 11.8. The highest BCUT2D eigenvalue weighted by molar-refractivity contribution is 7.95. The Labute approximate surface area is 701 Å². The summed E-state index contributed by atoms with van der Waals surface area (Å²) < 4.78 is 72.6. The molecule has 0 fully saturated rings. The monoisotopic (exact) mass is 1730 g/mol. The van der Waals surface area contributed by atoms with Gasteiger partial charge in [0.1, 0.15) is 0 Å². The highest BCUT2D eigenvalue weighted by Gasteiger charge is 2.33. The van der Waals surface area contributed by atoms with Crippen LogP contribution in [0.15, 0.2) is 217 Å². The molecule has 4 heterocycles. The number of nitrogens with two attached hydrogens (primary N) is 4. The third-order valence-corrected chi connectivity index (χ3v) is 22.3. The molecule has 37 heteroatoms. The van der Waals surface area contributed by atoms with Gasteiger partial charge in [-0.05, 0) is 161 Å². The van der Waals surface area contributed by atoms with Gasteiger partial charge in [-0.15, -0.1) is 22.3 Å². The molecule has 0 radical (unpaired) electrons. The number of nitrogens with zero attached hydrogens (tertiary/aromatic N) is 8. The molecule has 16 aromatic rings. The number of aromatic nitrogens is 8. The normalized spacial score (nSPS) is 11.8. The van der Waals surface area contributed by atoms with Crippen LogP contribution in [0.2, 0.25) is 0 Å². The van der Waals surface area contributed by atoms with E-state index in [0.717, 1.165) is 153 Å². The fourth-order valence-corrected chi connectivity index (χ4v) is 16.7. The smallest absolute Gasteiger partial charge is 0.294 e. The van der Waals surface area contributed by atoms with Crippen molar-refractivity contribution in [1.29, 1.82) is 0 Å². The van der Waals surface area contributed by atoms with Gasteiger partial charge in [-0.3, -0.25) is 18.9 Å². The molecule has 0 saturated heterocycles. The largest absolute Gasteiger partial charge is 0.366 e. The van der Waals surface area contributed by atoms with Crippen molar-refractivity contribution in [2.75, 3.05) is 0 Å². The zero-order valence-electron chi connectivity index (χ0n) is 64.2. The van der Waals surface area contributed by atoms with Crippen molar-refractivity contribution in [2.45, 2.75) is 84.8 Å². The molecule has 20 rings (SSSR count).